The Morgan fingerprint density at radius 3 is 1.62 bits per heavy atom. The van der Waals surface area contributed by atoms with Crippen molar-refractivity contribution in [2.45, 2.75) is 123 Å². The van der Waals surface area contributed by atoms with E-state index in [9.17, 15) is 22.4 Å². The Morgan fingerprint density at radius 1 is 0.718 bits per heavy atom. The van der Waals surface area contributed by atoms with E-state index >= 15 is 0 Å². The van der Waals surface area contributed by atoms with Gasteiger partial charge in [0.25, 0.3) is 12.9 Å². The largest absolute Gasteiger partial charge is 0.493 e. The molecule has 0 aromatic heterocycles. The van der Waals surface area contributed by atoms with E-state index in [2.05, 4.69) is 6.92 Å². The summed E-state index contributed by atoms with van der Waals surface area (Å²) in [6, 6.07) is 2.50. The number of halogens is 4. The van der Waals surface area contributed by atoms with E-state index in [0.29, 0.717) is 5.92 Å². The monoisotopic (exact) mass is 552 g/mol. The maximum Gasteiger partial charge on any atom is 0.267 e. The van der Waals surface area contributed by atoms with Crippen molar-refractivity contribution in [3.63, 3.8) is 0 Å². The van der Waals surface area contributed by atoms with Gasteiger partial charge in [0, 0.05) is 17.5 Å². The van der Waals surface area contributed by atoms with Crippen LogP contribution in [0.3, 0.4) is 0 Å². The molecule has 0 atom stereocenters. The first-order chi connectivity index (χ1) is 18.8. The van der Waals surface area contributed by atoms with Crippen LogP contribution >= 0.6 is 0 Å². The van der Waals surface area contributed by atoms with Gasteiger partial charge in [0.1, 0.15) is 5.75 Å². The zero-order chi connectivity index (χ0) is 27.9. The van der Waals surface area contributed by atoms with Crippen LogP contribution in [0.2, 0.25) is 0 Å². The number of ketones is 1. The van der Waals surface area contributed by atoms with E-state index in [1.165, 1.54) is 76.3 Å². The van der Waals surface area contributed by atoms with Crippen LogP contribution in [0.4, 0.5) is 17.6 Å². The van der Waals surface area contributed by atoms with Gasteiger partial charge in [-0.05, 0) is 119 Å². The van der Waals surface area contributed by atoms with Gasteiger partial charge < -0.3 is 4.74 Å². The average Bonchev–Trinajstić information content (AvgIpc) is 2.94. The topological polar surface area (TPSA) is 26.3 Å². The van der Waals surface area contributed by atoms with E-state index in [-0.39, 0.29) is 30.3 Å². The molecule has 0 saturated heterocycles. The summed E-state index contributed by atoms with van der Waals surface area (Å²) < 4.78 is 60.5. The molecule has 0 bridgehead atoms. The molecule has 3 fully saturated rings. The van der Waals surface area contributed by atoms with Crippen molar-refractivity contribution in [2.24, 2.45) is 35.5 Å². The van der Waals surface area contributed by atoms with E-state index in [0.717, 1.165) is 49.4 Å². The highest BCUT2D eigenvalue weighted by Crippen LogP contribution is 2.47. The highest BCUT2D eigenvalue weighted by molar-refractivity contribution is 5.98. The summed E-state index contributed by atoms with van der Waals surface area (Å²) in [5.41, 5.74) is -1.97. The highest BCUT2D eigenvalue weighted by atomic mass is 19.3. The first-order valence-electron chi connectivity index (χ1n) is 15.7. The van der Waals surface area contributed by atoms with Gasteiger partial charge in [-0.15, -0.1) is 0 Å². The fourth-order valence-corrected chi connectivity index (χ4v) is 8.28. The Balaban J connectivity index is 1.27. The molecule has 0 radical (unpaired) electrons. The van der Waals surface area contributed by atoms with Crippen LogP contribution in [0.1, 0.15) is 144 Å². The second-order valence-electron chi connectivity index (χ2n) is 12.6. The van der Waals surface area contributed by atoms with Crippen molar-refractivity contribution in [3.8, 4) is 5.75 Å². The lowest BCUT2D eigenvalue weighted by Gasteiger charge is -2.41. The number of rotatable bonds is 11. The van der Waals surface area contributed by atoms with Gasteiger partial charge in [0.2, 0.25) is 0 Å². The van der Waals surface area contributed by atoms with Crippen molar-refractivity contribution in [1.82, 2.24) is 0 Å². The van der Waals surface area contributed by atoms with Gasteiger partial charge in [-0.3, -0.25) is 4.79 Å². The second kappa shape index (κ2) is 14.3. The molecule has 1 aromatic rings. The Kier molecular flexibility index (Phi) is 11.2. The third-order valence-corrected chi connectivity index (χ3v) is 10.4. The number of hydrogen-bond acceptors (Lipinski definition) is 2. The van der Waals surface area contributed by atoms with Gasteiger partial charge in [0.15, 0.2) is 5.78 Å². The predicted octanol–water partition coefficient (Wildman–Crippen LogP) is 10.8. The molecule has 0 N–H and O–H groups in total. The predicted molar refractivity (Wildman–Crippen MR) is 148 cm³/mol. The summed E-state index contributed by atoms with van der Waals surface area (Å²) in [5, 5.41) is 0. The number of Topliss-reactive ketones (excluding diaryl/α,β-unsaturated/α-hetero) is 1. The average molecular weight is 553 g/mol. The lowest BCUT2D eigenvalue weighted by atomic mass is 9.64. The number of carbonyl (C=O) groups is 1. The van der Waals surface area contributed by atoms with E-state index in [1.807, 2.05) is 0 Å². The molecule has 0 aliphatic heterocycles. The molecule has 1 aromatic carbocycles. The summed E-state index contributed by atoms with van der Waals surface area (Å²) in [4.78, 5) is 13.1. The molecular weight excluding hydrogens is 504 g/mol. The molecule has 6 heteroatoms. The Labute approximate surface area is 232 Å². The van der Waals surface area contributed by atoms with Crippen LogP contribution in [0.5, 0.6) is 5.75 Å². The van der Waals surface area contributed by atoms with Gasteiger partial charge >= 0.3 is 0 Å². The van der Waals surface area contributed by atoms with Crippen molar-refractivity contribution >= 4 is 5.78 Å². The SMILES string of the molecule is CCCC1CCC(C2CCC(C3CCC(CC(=O)c4ccc(OCC)c(C(F)F)c4C(F)F)CC3)CC2)CC1. The zero-order valence-electron chi connectivity index (χ0n) is 23.9. The summed E-state index contributed by atoms with van der Waals surface area (Å²) >= 11 is 0. The lowest BCUT2D eigenvalue weighted by molar-refractivity contribution is 0.0871. The summed E-state index contributed by atoms with van der Waals surface area (Å²) in [6.45, 7) is 3.99. The summed E-state index contributed by atoms with van der Waals surface area (Å²) in [7, 11) is 0. The van der Waals surface area contributed by atoms with Crippen molar-refractivity contribution < 1.29 is 27.1 Å². The smallest absolute Gasteiger partial charge is 0.267 e. The van der Waals surface area contributed by atoms with Gasteiger partial charge in [-0.25, -0.2) is 17.6 Å². The Bertz CT molecular complexity index is 909. The van der Waals surface area contributed by atoms with Gasteiger partial charge in [0.05, 0.1) is 12.2 Å². The Morgan fingerprint density at radius 2 is 1.18 bits per heavy atom. The number of benzene rings is 1. The third-order valence-electron chi connectivity index (χ3n) is 10.4. The maximum absolute atomic E-state index is 13.9. The Hall–Kier alpha value is -1.59. The third kappa shape index (κ3) is 7.58. The van der Waals surface area contributed by atoms with Crippen LogP contribution in [0.15, 0.2) is 12.1 Å². The minimum atomic E-state index is -3.16. The molecule has 0 spiro atoms. The number of carbonyl (C=O) groups excluding carboxylic acids is 1. The number of hydrogen-bond donors (Lipinski definition) is 0. The number of ether oxygens (including phenoxy) is 1. The van der Waals surface area contributed by atoms with E-state index in [1.54, 1.807) is 6.92 Å². The molecule has 220 valence electrons. The standard InChI is InChI=1S/C33H48F4O2/c1-3-5-21-6-10-23(11-7-21)25-14-16-26(17-15-25)24-12-8-22(9-13-24)20-28(38)27-18-19-29(39-4-2)31(33(36)37)30(27)32(34)35/h18-19,21-26,32-33H,3-17,20H2,1-2H3. The molecule has 4 rings (SSSR count). The van der Waals surface area contributed by atoms with Crippen molar-refractivity contribution in [2.75, 3.05) is 6.61 Å². The first kappa shape index (κ1) is 30.4. The maximum atomic E-state index is 13.9. The minimum absolute atomic E-state index is 0.0840. The molecule has 0 unspecified atom stereocenters. The van der Waals surface area contributed by atoms with Gasteiger partial charge in [-0.1, -0.05) is 32.6 Å². The lowest BCUT2D eigenvalue weighted by Crippen LogP contribution is -2.30. The quantitative estimate of drug-likeness (QED) is 0.202. The van der Waals surface area contributed by atoms with Crippen LogP contribution in [-0.4, -0.2) is 12.4 Å². The molecule has 39 heavy (non-hydrogen) atoms. The number of alkyl halides is 4. The highest BCUT2D eigenvalue weighted by Gasteiger charge is 2.36. The van der Waals surface area contributed by atoms with E-state index < -0.39 is 29.8 Å². The second-order valence-corrected chi connectivity index (χ2v) is 12.6. The molecule has 3 aliphatic rings. The van der Waals surface area contributed by atoms with Crippen LogP contribution in [-0.2, 0) is 0 Å². The fraction of sp³-hybridized carbons (Fsp3) is 0.788. The van der Waals surface area contributed by atoms with Crippen molar-refractivity contribution in [3.05, 3.63) is 28.8 Å². The van der Waals surface area contributed by atoms with E-state index in [4.69, 9.17) is 4.74 Å². The zero-order valence-corrected chi connectivity index (χ0v) is 23.9. The van der Waals surface area contributed by atoms with Gasteiger partial charge in [-0.2, -0.15) is 0 Å². The molecular formula is C33H48F4O2. The van der Waals surface area contributed by atoms with Crippen LogP contribution < -0.4 is 4.74 Å². The molecule has 0 heterocycles. The minimum Gasteiger partial charge on any atom is -0.493 e. The van der Waals surface area contributed by atoms with Crippen molar-refractivity contribution in [1.29, 1.82) is 0 Å². The fourth-order valence-electron chi connectivity index (χ4n) is 8.28. The summed E-state index contributed by atoms with van der Waals surface area (Å²) in [6.07, 6.45) is 11.7. The normalized spacial score (nSPS) is 30.1. The van der Waals surface area contributed by atoms with Crippen LogP contribution in [0.25, 0.3) is 0 Å². The molecule has 0 amide bonds. The first-order valence-corrected chi connectivity index (χ1v) is 15.7. The van der Waals surface area contributed by atoms with Crippen LogP contribution in [0, 0.1) is 35.5 Å². The summed E-state index contributed by atoms with van der Waals surface area (Å²) in [5.74, 6) is 3.71. The molecule has 2 nitrogen and oxygen atoms in total. The molecule has 3 aliphatic carbocycles. The molecule has 3 saturated carbocycles.